The van der Waals surface area contributed by atoms with Crippen LogP contribution in [-0.2, 0) is 0 Å². The Morgan fingerprint density at radius 3 is 2.45 bits per heavy atom. The molecule has 31 heavy (non-hydrogen) atoms. The second kappa shape index (κ2) is 9.81. The quantitative estimate of drug-likeness (QED) is 0.481. The Balaban J connectivity index is 1.92. The zero-order chi connectivity index (χ0) is 22.5. The molecule has 3 N–H and O–H groups in total. The predicted molar refractivity (Wildman–Crippen MR) is 123 cm³/mol. The Morgan fingerprint density at radius 1 is 1.13 bits per heavy atom. The molecule has 3 aromatic rings. The van der Waals surface area contributed by atoms with E-state index in [-0.39, 0.29) is 24.4 Å². The fourth-order valence-electron chi connectivity index (χ4n) is 3.42. The van der Waals surface area contributed by atoms with E-state index in [0.29, 0.717) is 5.02 Å². The molecule has 6 nitrogen and oxygen atoms in total. The number of nitrogens with one attached hydrogen (secondary N) is 2. The van der Waals surface area contributed by atoms with Gasteiger partial charge in [-0.3, -0.25) is 14.9 Å². The average molecular weight is 440 g/mol. The van der Waals surface area contributed by atoms with Gasteiger partial charge in [0.1, 0.15) is 0 Å². The van der Waals surface area contributed by atoms with Crippen LogP contribution in [-0.4, -0.2) is 33.6 Å². The molecule has 2 aromatic carbocycles. The van der Waals surface area contributed by atoms with Gasteiger partial charge in [0.05, 0.1) is 12.7 Å². The van der Waals surface area contributed by atoms with Crippen molar-refractivity contribution in [1.29, 1.82) is 0 Å². The van der Waals surface area contributed by atoms with Crippen molar-refractivity contribution in [3.8, 4) is 5.75 Å². The van der Waals surface area contributed by atoms with Crippen LogP contribution < -0.4 is 10.7 Å². The first-order valence-electron chi connectivity index (χ1n) is 10.0. The number of pyridine rings is 1. The molecule has 0 saturated carbocycles. The van der Waals surface area contributed by atoms with E-state index in [1.807, 2.05) is 63.2 Å². The molecule has 0 aliphatic carbocycles. The number of hydrogen-bond donors (Lipinski definition) is 3. The maximum absolute atomic E-state index is 13.1. The summed E-state index contributed by atoms with van der Waals surface area (Å²) in [6.45, 7) is 5.96. The molecule has 7 heteroatoms. The molecule has 0 aliphatic rings. The van der Waals surface area contributed by atoms with Gasteiger partial charge in [-0.2, -0.15) is 0 Å². The number of halogens is 1. The second-order valence-corrected chi connectivity index (χ2v) is 8.14. The Kier molecular flexibility index (Phi) is 7.15. The molecule has 0 radical (unpaired) electrons. The first-order valence-corrected chi connectivity index (χ1v) is 10.4. The Hall–Kier alpha value is -3.09. The van der Waals surface area contributed by atoms with Gasteiger partial charge in [0.15, 0.2) is 11.4 Å². The minimum Gasteiger partial charge on any atom is -0.503 e. The number of aromatic nitrogens is 1. The maximum atomic E-state index is 13.1. The number of aromatic amines is 1. The SMILES string of the molecule is Cc1cccc(C(NCN(C(=O)c2[nH]ccc(=O)c2O)C(C)C)c2cccc(Cl)c2)c1. The highest BCUT2D eigenvalue weighted by Crippen LogP contribution is 2.25. The van der Waals surface area contributed by atoms with Crippen LogP contribution in [0.2, 0.25) is 5.02 Å². The van der Waals surface area contributed by atoms with Gasteiger partial charge in [0, 0.05) is 23.3 Å². The summed E-state index contributed by atoms with van der Waals surface area (Å²) in [6.07, 6.45) is 1.35. The first kappa shape index (κ1) is 22.6. The van der Waals surface area contributed by atoms with Crippen LogP contribution in [0.25, 0.3) is 0 Å². The highest BCUT2D eigenvalue weighted by Gasteiger charge is 2.25. The van der Waals surface area contributed by atoms with Crippen LogP contribution >= 0.6 is 11.6 Å². The molecular formula is C24H26ClN3O3. The summed E-state index contributed by atoms with van der Waals surface area (Å²) in [6, 6.07) is 16.5. The van der Waals surface area contributed by atoms with Gasteiger partial charge in [-0.25, -0.2) is 0 Å². The smallest absolute Gasteiger partial charge is 0.275 e. The summed E-state index contributed by atoms with van der Waals surface area (Å²) in [4.78, 5) is 29.1. The molecule has 1 aromatic heterocycles. The maximum Gasteiger partial charge on any atom is 0.275 e. The Bertz CT molecular complexity index is 1080. The van der Waals surface area contributed by atoms with Gasteiger partial charge in [0.25, 0.3) is 5.91 Å². The van der Waals surface area contributed by atoms with Crippen molar-refractivity contribution in [2.45, 2.75) is 32.9 Å². The molecule has 3 rings (SSSR count). The van der Waals surface area contributed by atoms with Crippen molar-refractivity contribution in [3.05, 3.63) is 98.4 Å². The molecule has 0 fully saturated rings. The minimum absolute atomic E-state index is 0.127. The highest BCUT2D eigenvalue weighted by molar-refractivity contribution is 6.30. The van der Waals surface area contributed by atoms with E-state index in [1.165, 1.54) is 12.3 Å². The third kappa shape index (κ3) is 5.34. The number of nitrogens with zero attached hydrogens (tertiary/aromatic N) is 1. The van der Waals surface area contributed by atoms with Crippen molar-refractivity contribution in [2.75, 3.05) is 6.67 Å². The summed E-state index contributed by atoms with van der Waals surface area (Å²) in [5, 5.41) is 14.1. The number of hydrogen-bond acceptors (Lipinski definition) is 4. The van der Waals surface area contributed by atoms with E-state index in [4.69, 9.17) is 11.6 Å². The highest BCUT2D eigenvalue weighted by atomic mass is 35.5. The number of aromatic hydroxyl groups is 1. The molecule has 0 saturated heterocycles. The third-order valence-electron chi connectivity index (χ3n) is 5.05. The molecule has 1 amide bonds. The second-order valence-electron chi connectivity index (χ2n) is 7.70. The molecule has 0 spiro atoms. The lowest BCUT2D eigenvalue weighted by Crippen LogP contribution is -2.45. The van der Waals surface area contributed by atoms with E-state index in [2.05, 4.69) is 16.4 Å². The fraction of sp³-hybridized carbons (Fsp3) is 0.250. The standard InChI is InChI=1S/C24H26ClN3O3/c1-15(2)28(24(31)22-23(30)20(29)10-11-26-22)14-27-21(17-7-4-6-16(3)12-17)18-8-5-9-19(25)13-18/h4-13,15,21,27,30H,14H2,1-3H3,(H,26,29). The fourth-order valence-corrected chi connectivity index (χ4v) is 3.62. The van der Waals surface area contributed by atoms with Crippen molar-refractivity contribution in [3.63, 3.8) is 0 Å². The van der Waals surface area contributed by atoms with E-state index < -0.39 is 17.1 Å². The van der Waals surface area contributed by atoms with E-state index in [9.17, 15) is 14.7 Å². The van der Waals surface area contributed by atoms with Gasteiger partial charge in [-0.1, -0.05) is 53.6 Å². The summed E-state index contributed by atoms with van der Waals surface area (Å²) in [5.74, 6) is -1.05. The van der Waals surface area contributed by atoms with Crippen molar-refractivity contribution >= 4 is 17.5 Å². The normalized spacial score (nSPS) is 12.0. The first-order chi connectivity index (χ1) is 14.8. The van der Waals surface area contributed by atoms with Gasteiger partial charge in [0.2, 0.25) is 5.43 Å². The van der Waals surface area contributed by atoms with Crippen molar-refractivity contribution < 1.29 is 9.90 Å². The topological polar surface area (TPSA) is 85.4 Å². The lowest BCUT2D eigenvalue weighted by atomic mass is 9.97. The van der Waals surface area contributed by atoms with Gasteiger partial charge in [-0.15, -0.1) is 0 Å². The zero-order valence-corrected chi connectivity index (χ0v) is 18.5. The van der Waals surface area contributed by atoms with Crippen LogP contribution in [0.15, 0.2) is 65.6 Å². The van der Waals surface area contributed by atoms with Crippen LogP contribution in [0, 0.1) is 6.92 Å². The van der Waals surface area contributed by atoms with Gasteiger partial charge >= 0.3 is 0 Å². The van der Waals surface area contributed by atoms with Crippen LogP contribution in [0.3, 0.4) is 0 Å². The van der Waals surface area contributed by atoms with Crippen LogP contribution in [0.1, 0.15) is 47.1 Å². The largest absolute Gasteiger partial charge is 0.503 e. The lowest BCUT2D eigenvalue weighted by molar-refractivity contribution is 0.0674. The number of rotatable bonds is 7. The zero-order valence-electron chi connectivity index (χ0n) is 17.7. The van der Waals surface area contributed by atoms with Crippen molar-refractivity contribution in [1.82, 2.24) is 15.2 Å². The van der Waals surface area contributed by atoms with E-state index >= 15 is 0 Å². The number of amides is 1. The van der Waals surface area contributed by atoms with Gasteiger partial charge < -0.3 is 15.0 Å². The van der Waals surface area contributed by atoms with Gasteiger partial charge in [-0.05, 0) is 44.0 Å². The summed E-state index contributed by atoms with van der Waals surface area (Å²) < 4.78 is 0. The summed E-state index contributed by atoms with van der Waals surface area (Å²) in [5.41, 5.74) is 2.39. The number of benzene rings is 2. The third-order valence-corrected chi connectivity index (χ3v) is 5.29. The average Bonchev–Trinajstić information content (AvgIpc) is 2.72. The van der Waals surface area contributed by atoms with E-state index in [0.717, 1.165) is 16.7 Å². The molecule has 0 aliphatic heterocycles. The molecule has 1 heterocycles. The number of carbonyl (C=O) groups excluding carboxylic acids is 1. The number of carbonyl (C=O) groups is 1. The molecular weight excluding hydrogens is 414 g/mol. The monoisotopic (exact) mass is 439 g/mol. The Morgan fingerprint density at radius 2 is 1.81 bits per heavy atom. The molecule has 1 unspecified atom stereocenters. The number of aryl methyl sites for hydroxylation is 1. The minimum atomic E-state index is -0.602. The Labute approximate surface area is 186 Å². The molecule has 1 atom stereocenters. The molecule has 0 bridgehead atoms. The van der Waals surface area contributed by atoms with Crippen LogP contribution in [0.5, 0.6) is 5.75 Å². The van der Waals surface area contributed by atoms with Crippen LogP contribution in [0.4, 0.5) is 0 Å². The molecule has 162 valence electrons. The number of H-pyrrole nitrogens is 1. The van der Waals surface area contributed by atoms with Crippen molar-refractivity contribution in [2.24, 2.45) is 0 Å². The predicted octanol–water partition coefficient (Wildman–Crippen LogP) is 4.23. The van der Waals surface area contributed by atoms with E-state index in [1.54, 1.807) is 4.90 Å². The summed E-state index contributed by atoms with van der Waals surface area (Å²) >= 11 is 6.23. The summed E-state index contributed by atoms with van der Waals surface area (Å²) in [7, 11) is 0. The lowest BCUT2D eigenvalue weighted by Gasteiger charge is -2.30.